The molecule has 5 nitrogen and oxygen atoms in total. The zero-order valence-electron chi connectivity index (χ0n) is 14.7. The van der Waals surface area contributed by atoms with Crippen molar-refractivity contribution in [3.63, 3.8) is 0 Å². The first-order valence-electron chi connectivity index (χ1n) is 8.64. The van der Waals surface area contributed by atoms with E-state index in [1.54, 1.807) is 6.07 Å². The molecule has 1 aliphatic heterocycles. The van der Waals surface area contributed by atoms with Crippen LogP contribution in [0.15, 0.2) is 22.6 Å². The van der Waals surface area contributed by atoms with Crippen LogP contribution in [0.3, 0.4) is 0 Å². The second-order valence-corrected chi connectivity index (χ2v) is 7.06. The van der Waals surface area contributed by atoms with Crippen molar-refractivity contribution in [2.75, 3.05) is 25.0 Å². The molecule has 1 N–H and O–H groups in total. The van der Waals surface area contributed by atoms with Crippen molar-refractivity contribution in [2.24, 2.45) is 5.92 Å². The summed E-state index contributed by atoms with van der Waals surface area (Å²) in [6, 6.07) is 7.57. The van der Waals surface area contributed by atoms with Crippen LogP contribution in [0, 0.1) is 31.1 Å². The Morgan fingerprint density at radius 3 is 2.72 bits per heavy atom. The summed E-state index contributed by atoms with van der Waals surface area (Å²) in [5.74, 6) is 2.37. The first-order chi connectivity index (χ1) is 12.0. The average Bonchev–Trinajstić information content (AvgIpc) is 2.92. The summed E-state index contributed by atoms with van der Waals surface area (Å²) in [5, 5.41) is 12.9. The number of aryl methyl sites for hydroxylation is 2. The summed E-state index contributed by atoms with van der Waals surface area (Å²) < 4.78 is 5.68. The van der Waals surface area contributed by atoms with Gasteiger partial charge in [0.15, 0.2) is 0 Å². The highest BCUT2D eigenvalue weighted by Crippen LogP contribution is 2.23. The number of nitrogens with zero attached hydrogens (tertiary/aromatic N) is 3. The van der Waals surface area contributed by atoms with Gasteiger partial charge in [-0.05, 0) is 63.9 Å². The molecule has 1 aliphatic rings. The third-order valence-electron chi connectivity index (χ3n) is 4.82. The number of nitrogens with one attached hydrogen (secondary N) is 1. The number of hydrogen-bond donors (Lipinski definition) is 1. The number of aromatic nitrogens is 1. The lowest BCUT2D eigenvalue weighted by Gasteiger charge is -2.31. The summed E-state index contributed by atoms with van der Waals surface area (Å²) in [6.07, 6.45) is 2.30. The summed E-state index contributed by atoms with van der Waals surface area (Å²) >= 11 is 6.08. The average molecular weight is 359 g/mol. The Morgan fingerprint density at radius 1 is 1.36 bits per heavy atom. The number of piperidine rings is 1. The van der Waals surface area contributed by atoms with Crippen molar-refractivity contribution < 1.29 is 4.42 Å². The molecule has 25 heavy (non-hydrogen) atoms. The zero-order chi connectivity index (χ0) is 17.8. The first kappa shape index (κ1) is 17.8. The van der Waals surface area contributed by atoms with Crippen molar-refractivity contribution >= 4 is 17.3 Å². The fourth-order valence-electron chi connectivity index (χ4n) is 3.12. The number of nitriles is 1. The second kappa shape index (κ2) is 7.90. The fraction of sp³-hybridized carbons (Fsp3) is 0.474. The van der Waals surface area contributed by atoms with Crippen LogP contribution in [-0.2, 0) is 6.54 Å². The Morgan fingerprint density at radius 2 is 2.12 bits per heavy atom. The Bertz CT molecular complexity index is 753. The van der Waals surface area contributed by atoms with Gasteiger partial charge < -0.3 is 9.73 Å². The van der Waals surface area contributed by atoms with Gasteiger partial charge in [-0.1, -0.05) is 11.6 Å². The number of rotatable bonds is 5. The normalized spacial score (nSPS) is 15.9. The molecule has 0 bridgehead atoms. The molecule has 0 aliphatic carbocycles. The van der Waals surface area contributed by atoms with Gasteiger partial charge in [0.1, 0.15) is 11.8 Å². The molecule has 0 amide bonds. The van der Waals surface area contributed by atoms with Crippen molar-refractivity contribution in [3.8, 4) is 6.07 Å². The van der Waals surface area contributed by atoms with Crippen LogP contribution in [0.4, 0.5) is 5.69 Å². The molecule has 1 fully saturated rings. The minimum atomic E-state index is 0.499. The van der Waals surface area contributed by atoms with Crippen molar-refractivity contribution in [2.45, 2.75) is 33.2 Å². The van der Waals surface area contributed by atoms with Crippen molar-refractivity contribution in [1.82, 2.24) is 9.88 Å². The van der Waals surface area contributed by atoms with Crippen molar-refractivity contribution in [3.05, 3.63) is 46.1 Å². The number of benzene rings is 1. The topological polar surface area (TPSA) is 65.1 Å². The highest BCUT2D eigenvalue weighted by molar-refractivity contribution is 6.32. The molecule has 2 aromatic rings. The van der Waals surface area contributed by atoms with E-state index in [0.717, 1.165) is 62.1 Å². The van der Waals surface area contributed by atoms with E-state index in [1.165, 1.54) is 0 Å². The Hall–Kier alpha value is -2.03. The SMILES string of the molecule is Cc1nc(CN2CCC(CNc3ccc(C#N)c(Cl)c3)CC2)oc1C. The van der Waals surface area contributed by atoms with Gasteiger partial charge in [-0.2, -0.15) is 5.26 Å². The van der Waals surface area contributed by atoms with E-state index in [4.69, 9.17) is 21.3 Å². The largest absolute Gasteiger partial charge is 0.444 e. The second-order valence-electron chi connectivity index (χ2n) is 6.66. The molecule has 1 aromatic carbocycles. The molecule has 0 unspecified atom stereocenters. The lowest BCUT2D eigenvalue weighted by atomic mass is 9.96. The summed E-state index contributed by atoms with van der Waals surface area (Å²) in [5.41, 5.74) is 2.46. The van der Waals surface area contributed by atoms with Crippen molar-refractivity contribution in [1.29, 1.82) is 5.26 Å². The smallest absolute Gasteiger partial charge is 0.208 e. The van der Waals surface area contributed by atoms with Crippen LogP contribution in [0.1, 0.15) is 35.7 Å². The monoisotopic (exact) mass is 358 g/mol. The molecule has 2 heterocycles. The van der Waals surface area contributed by atoms with Gasteiger partial charge >= 0.3 is 0 Å². The maximum absolute atomic E-state index is 8.92. The molecule has 0 atom stereocenters. The highest BCUT2D eigenvalue weighted by atomic mass is 35.5. The van der Waals surface area contributed by atoms with Crippen LogP contribution in [0.5, 0.6) is 0 Å². The summed E-state index contributed by atoms with van der Waals surface area (Å²) in [7, 11) is 0. The first-order valence-corrected chi connectivity index (χ1v) is 9.01. The molecule has 3 rings (SSSR count). The number of hydrogen-bond acceptors (Lipinski definition) is 5. The number of anilines is 1. The molecule has 1 saturated heterocycles. The van der Waals surface area contributed by atoms with Crippen LogP contribution in [-0.4, -0.2) is 29.5 Å². The van der Waals surface area contributed by atoms with Gasteiger partial charge in [0.25, 0.3) is 0 Å². The van der Waals surface area contributed by atoms with Gasteiger partial charge in [0.05, 0.1) is 22.8 Å². The summed E-state index contributed by atoms with van der Waals surface area (Å²) in [6.45, 7) is 7.77. The van der Waals surface area contributed by atoms with E-state index < -0.39 is 0 Å². The van der Waals surface area contributed by atoms with Gasteiger partial charge in [0, 0.05) is 12.2 Å². The minimum Gasteiger partial charge on any atom is -0.444 e. The Labute approximate surface area is 153 Å². The van der Waals surface area contributed by atoms with Gasteiger partial charge in [-0.3, -0.25) is 4.90 Å². The van der Waals surface area contributed by atoms with E-state index in [9.17, 15) is 0 Å². The number of likely N-dealkylation sites (tertiary alicyclic amines) is 1. The van der Waals surface area contributed by atoms with Crippen LogP contribution < -0.4 is 5.32 Å². The van der Waals surface area contributed by atoms with Crippen LogP contribution in [0.25, 0.3) is 0 Å². The van der Waals surface area contributed by atoms with Gasteiger partial charge in [-0.25, -0.2) is 4.98 Å². The standard InChI is InChI=1S/C19H23ClN4O/c1-13-14(2)25-19(23-13)12-24-7-5-15(6-8-24)11-22-17-4-3-16(10-21)18(20)9-17/h3-4,9,15,22H,5-8,11-12H2,1-2H3. The molecule has 1 aromatic heterocycles. The highest BCUT2D eigenvalue weighted by Gasteiger charge is 2.20. The molecular weight excluding hydrogens is 336 g/mol. The molecular formula is C19H23ClN4O. The van der Waals surface area contributed by atoms with Gasteiger partial charge in [0.2, 0.25) is 5.89 Å². The maximum atomic E-state index is 8.92. The maximum Gasteiger partial charge on any atom is 0.208 e. The van der Waals surface area contributed by atoms with E-state index in [0.29, 0.717) is 16.5 Å². The number of halogens is 1. The Balaban J connectivity index is 1.45. The molecule has 0 radical (unpaired) electrons. The Kier molecular flexibility index (Phi) is 5.62. The quantitative estimate of drug-likeness (QED) is 0.870. The molecule has 0 saturated carbocycles. The van der Waals surface area contributed by atoms with E-state index >= 15 is 0 Å². The fourth-order valence-corrected chi connectivity index (χ4v) is 3.35. The van der Waals surface area contributed by atoms with Crippen LogP contribution in [0.2, 0.25) is 5.02 Å². The lowest BCUT2D eigenvalue weighted by Crippen LogP contribution is -2.35. The lowest BCUT2D eigenvalue weighted by molar-refractivity contribution is 0.167. The third-order valence-corrected chi connectivity index (χ3v) is 5.14. The molecule has 0 spiro atoms. The molecule has 6 heteroatoms. The van der Waals surface area contributed by atoms with E-state index in [2.05, 4.69) is 21.3 Å². The van der Waals surface area contributed by atoms with Gasteiger partial charge in [-0.15, -0.1) is 0 Å². The third kappa shape index (κ3) is 4.53. The predicted octanol–water partition coefficient (Wildman–Crippen LogP) is 4.14. The minimum absolute atomic E-state index is 0.499. The van der Waals surface area contributed by atoms with Crippen LogP contribution >= 0.6 is 11.6 Å². The zero-order valence-corrected chi connectivity index (χ0v) is 15.4. The summed E-state index contributed by atoms with van der Waals surface area (Å²) in [4.78, 5) is 6.87. The van der Waals surface area contributed by atoms with E-state index in [-0.39, 0.29) is 0 Å². The number of oxazole rings is 1. The van der Waals surface area contributed by atoms with E-state index in [1.807, 2.05) is 26.0 Å². The predicted molar refractivity (Wildman–Crippen MR) is 98.6 cm³/mol. The molecule has 132 valence electrons.